The van der Waals surface area contributed by atoms with Gasteiger partial charge in [0.1, 0.15) is 0 Å². The van der Waals surface area contributed by atoms with Crippen LogP contribution >= 0.6 is 0 Å². The maximum atomic E-state index is 12.0. The third-order valence-electron chi connectivity index (χ3n) is 4.08. The largest absolute Gasteiger partial charge is 0.382 e. The third-order valence-corrected chi connectivity index (χ3v) is 6.72. The van der Waals surface area contributed by atoms with Crippen LogP contribution in [0.3, 0.4) is 0 Å². The molecule has 1 aromatic rings. The summed E-state index contributed by atoms with van der Waals surface area (Å²) in [7, 11) is -4.93. The lowest BCUT2D eigenvalue weighted by Gasteiger charge is -2.29. The number of primary sulfonamides is 1. The fourth-order valence-corrected chi connectivity index (χ4v) is 4.85. The molecule has 1 aliphatic rings. The Kier molecular flexibility index (Phi) is 5.94. The fourth-order valence-electron chi connectivity index (χ4n) is 2.92. The van der Waals surface area contributed by atoms with Crippen molar-refractivity contribution in [2.75, 3.05) is 11.1 Å². The summed E-state index contributed by atoms with van der Waals surface area (Å²) in [6, 6.07) is 3.52. The van der Waals surface area contributed by atoms with Crippen molar-refractivity contribution >= 4 is 32.2 Å². The Balaban J connectivity index is 2.24. The highest BCUT2D eigenvalue weighted by molar-refractivity contribution is 7.89. The van der Waals surface area contributed by atoms with Gasteiger partial charge >= 0.3 is 0 Å². The van der Waals surface area contributed by atoms with E-state index in [4.69, 9.17) is 5.14 Å². The molecular weight excluding hydrogens is 354 g/mol. The lowest BCUT2D eigenvalue weighted by molar-refractivity contribution is -0.385. The average molecular weight is 375 g/mol. The Bertz CT molecular complexity index is 751. The van der Waals surface area contributed by atoms with Gasteiger partial charge in [-0.15, -0.1) is 0 Å². The number of anilines is 1. The Morgan fingerprint density at radius 2 is 2.08 bits per heavy atom. The first-order chi connectivity index (χ1) is 11.2. The molecular formula is C14H21N3O5S2. The number of rotatable bonds is 6. The molecule has 1 aromatic carbocycles. The van der Waals surface area contributed by atoms with E-state index in [0.29, 0.717) is 17.9 Å². The van der Waals surface area contributed by atoms with Crippen LogP contribution in [-0.4, -0.2) is 34.6 Å². The third kappa shape index (κ3) is 4.74. The SMILES string of the molecule is CCS(=O)C1CCCC(Nc2cc([N+](=O)[O-])cc(S(N)(=O)=O)c2)C1. The number of hydrogen-bond donors (Lipinski definition) is 2. The van der Waals surface area contributed by atoms with E-state index < -0.39 is 25.7 Å². The number of benzene rings is 1. The molecule has 0 amide bonds. The first kappa shape index (κ1) is 18.8. The van der Waals surface area contributed by atoms with E-state index in [1.807, 2.05) is 6.92 Å². The number of nitrogens with zero attached hydrogens (tertiary/aromatic N) is 1. The molecule has 2 rings (SSSR count). The van der Waals surface area contributed by atoms with E-state index in [1.54, 1.807) is 0 Å². The predicted molar refractivity (Wildman–Crippen MR) is 92.8 cm³/mol. The lowest BCUT2D eigenvalue weighted by Crippen LogP contribution is -2.33. The minimum Gasteiger partial charge on any atom is -0.382 e. The second-order valence-electron chi connectivity index (χ2n) is 5.82. The van der Waals surface area contributed by atoms with Gasteiger partial charge < -0.3 is 5.32 Å². The monoisotopic (exact) mass is 375 g/mol. The maximum Gasteiger partial charge on any atom is 0.272 e. The number of non-ortho nitro benzene ring substituents is 1. The zero-order valence-electron chi connectivity index (χ0n) is 13.3. The van der Waals surface area contributed by atoms with Gasteiger partial charge in [-0.3, -0.25) is 14.3 Å². The number of hydrogen-bond acceptors (Lipinski definition) is 6. The molecule has 3 unspecified atom stereocenters. The Hall–Kier alpha value is -1.52. The Morgan fingerprint density at radius 3 is 2.67 bits per heavy atom. The molecule has 3 atom stereocenters. The summed E-state index contributed by atoms with van der Waals surface area (Å²) in [5.74, 6) is 0.601. The summed E-state index contributed by atoms with van der Waals surface area (Å²) in [5, 5.41) is 19.3. The highest BCUT2D eigenvalue weighted by Gasteiger charge is 2.26. The van der Waals surface area contributed by atoms with Crippen LogP contribution < -0.4 is 10.5 Å². The standard InChI is InChI=1S/C14H21N3O5S2/c1-2-23(20)13-5-3-4-10(7-13)16-11-6-12(17(18)19)9-14(8-11)24(15,21)22/h6,8-10,13,16H,2-5,7H2,1H3,(H2,15,21,22). The summed E-state index contributed by atoms with van der Waals surface area (Å²) < 4.78 is 35.0. The van der Waals surface area contributed by atoms with Crippen molar-refractivity contribution in [1.82, 2.24) is 0 Å². The average Bonchev–Trinajstić information content (AvgIpc) is 2.53. The molecule has 24 heavy (non-hydrogen) atoms. The molecule has 0 radical (unpaired) electrons. The van der Waals surface area contributed by atoms with Crippen molar-refractivity contribution in [2.45, 2.75) is 48.8 Å². The molecule has 0 heterocycles. The topological polar surface area (TPSA) is 132 Å². The van der Waals surface area contributed by atoms with Crippen LogP contribution in [-0.2, 0) is 20.8 Å². The van der Waals surface area contributed by atoms with Crippen LogP contribution in [0, 0.1) is 10.1 Å². The number of nitrogens with two attached hydrogens (primary N) is 1. The van der Waals surface area contributed by atoms with Gasteiger partial charge in [-0.05, 0) is 25.3 Å². The maximum absolute atomic E-state index is 12.0. The molecule has 1 saturated carbocycles. The van der Waals surface area contributed by atoms with Gasteiger partial charge in [0.15, 0.2) is 0 Å². The quantitative estimate of drug-likeness (QED) is 0.575. The van der Waals surface area contributed by atoms with Crippen LogP contribution in [0.2, 0.25) is 0 Å². The van der Waals surface area contributed by atoms with Gasteiger partial charge in [-0.25, -0.2) is 13.6 Å². The molecule has 1 aliphatic carbocycles. The van der Waals surface area contributed by atoms with E-state index in [0.717, 1.165) is 25.3 Å². The first-order valence-electron chi connectivity index (χ1n) is 7.66. The summed E-state index contributed by atoms with van der Waals surface area (Å²) in [6.07, 6.45) is 3.33. The number of nitro groups is 1. The van der Waals surface area contributed by atoms with Gasteiger partial charge in [-0.2, -0.15) is 0 Å². The van der Waals surface area contributed by atoms with Crippen molar-refractivity contribution < 1.29 is 17.6 Å². The van der Waals surface area contributed by atoms with Crippen LogP contribution in [0.5, 0.6) is 0 Å². The molecule has 8 nitrogen and oxygen atoms in total. The number of nitrogens with one attached hydrogen (secondary N) is 1. The van der Waals surface area contributed by atoms with Crippen molar-refractivity contribution in [1.29, 1.82) is 0 Å². The molecule has 0 saturated heterocycles. The van der Waals surface area contributed by atoms with Gasteiger partial charge in [0.25, 0.3) is 5.69 Å². The van der Waals surface area contributed by atoms with Gasteiger partial charge in [0, 0.05) is 45.7 Å². The second kappa shape index (κ2) is 7.58. The van der Waals surface area contributed by atoms with Crippen molar-refractivity contribution in [3.8, 4) is 0 Å². The van der Waals surface area contributed by atoms with E-state index in [2.05, 4.69) is 5.32 Å². The van der Waals surface area contributed by atoms with Gasteiger partial charge in [-0.1, -0.05) is 13.3 Å². The van der Waals surface area contributed by atoms with Crippen LogP contribution in [0.1, 0.15) is 32.6 Å². The molecule has 0 aliphatic heterocycles. The predicted octanol–water partition coefficient (Wildman–Crippen LogP) is 1.73. The molecule has 10 heteroatoms. The van der Waals surface area contributed by atoms with Crippen LogP contribution in [0.4, 0.5) is 11.4 Å². The van der Waals surface area contributed by atoms with E-state index in [-0.39, 0.29) is 21.9 Å². The summed E-state index contributed by atoms with van der Waals surface area (Å²) in [6.45, 7) is 1.88. The van der Waals surface area contributed by atoms with Crippen molar-refractivity contribution in [3.63, 3.8) is 0 Å². The minimum atomic E-state index is -4.04. The fraction of sp³-hybridized carbons (Fsp3) is 0.571. The second-order valence-corrected chi connectivity index (χ2v) is 9.38. The molecule has 0 aromatic heterocycles. The normalized spacial score (nSPS) is 22.8. The highest BCUT2D eigenvalue weighted by atomic mass is 32.2. The highest BCUT2D eigenvalue weighted by Crippen LogP contribution is 2.28. The Labute approximate surface area is 143 Å². The van der Waals surface area contributed by atoms with Crippen LogP contribution in [0.15, 0.2) is 23.1 Å². The summed E-state index contributed by atoms with van der Waals surface area (Å²) >= 11 is 0. The zero-order chi connectivity index (χ0) is 17.9. The lowest BCUT2D eigenvalue weighted by atomic mass is 9.94. The molecule has 1 fully saturated rings. The zero-order valence-corrected chi connectivity index (χ0v) is 14.9. The molecule has 0 bridgehead atoms. The number of sulfonamides is 1. The van der Waals surface area contributed by atoms with E-state index >= 15 is 0 Å². The minimum absolute atomic E-state index is 0.00502. The van der Waals surface area contributed by atoms with E-state index in [9.17, 15) is 22.7 Å². The smallest absolute Gasteiger partial charge is 0.272 e. The van der Waals surface area contributed by atoms with Gasteiger partial charge in [0.2, 0.25) is 10.0 Å². The summed E-state index contributed by atoms with van der Waals surface area (Å²) in [4.78, 5) is 10.0. The molecule has 3 N–H and O–H groups in total. The Morgan fingerprint density at radius 1 is 1.38 bits per heavy atom. The van der Waals surface area contributed by atoms with Crippen molar-refractivity contribution in [3.05, 3.63) is 28.3 Å². The molecule has 0 spiro atoms. The van der Waals surface area contributed by atoms with Crippen molar-refractivity contribution in [2.24, 2.45) is 5.14 Å². The van der Waals surface area contributed by atoms with Gasteiger partial charge in [0.05, 0.1) is 9.82 Å². The van der Waals surface area contributed by atoms with Crippen LogP contribution in [0.25, 0.3) is 0 Å². The number of nitro benzene ring substituents is 1. The van der Waals surface area contributed by atoms with E-state index in [1.165, 1.54) is 12.1 Å². The summed E-state index contributed by atoms with van der Waals surface area (Å²) in [5.41, 5.74) is -0.00493. The molecule has 134 valence electrons. The first-order valence-corrected chi connectivity index (χ1v) is 10.6.